The van der Waals surface area contributed by atoms with Gasteiger partial charge in [-0.3, -0.25) is 4.90 Å². The van der Waals surface area contributed by atoms with E-state index in [1.807, 2.05) is 72.8 Å². The SMILES string of the molecule is CN1C[C@@H](OCc2ccccc2)[C@@H](OCc2ccccc2)[C@H](OCc2ccccc2)[C@H]1COCc1ccccc1. The van der Waals surface area contributed by atoms with Crippen molar-refractivity contribution in [1.82, 2.24) is 4.90 Å². The van der Waals surface area contributed by atoms with Crippen molar-refractivity contribution in [2.24, 2.45) is 0 Å². The van der Waals surface area contributed by atoms with Crippen LogP contribution < -0.4 is 0 Å². The summed E-state index contributed by atoms with van der Waals surface area (Å²) in [6.45, 7) is 3.30. The molecular formula is C35H39NO4. The van der Waals surface area contributed by atoms with Gasteiger partial charge in [0.15, 0.2) is 0 Å². The van der Waals surface area contributed by atoms with Crippen LogP contribution in [-0.2, 0) is 45.4 Å². The average molecular weight is 538 g/mol. The first-order valence-corrected chi connectivity index (χ1v) is 14.0. The van der Waals surface area contributed by atoms with Gasteiger partial charge in [-0.1, -0.05) is 121 Å². The van der Waals surface area contributed by atoms with Gasteiger partial charge in [0.2, 0.25) is 0 Å². The third-order valence-electron chi connectivity index (χ3n) is 7.38. The number of piperidine rings is 1. The second-order valence-corrected chi connectivity index (χ2v) is 10.4. The Morgan fingerprint density at radius 3 is 1.40 bits per heavy atom. The summed E-state index contributed by atoms with van der Waals surface area (Å²) in [5.74, 6) is 0. The molecule has 4 aromatic carbocycles. The van der Waals surface area contributed by atoms with Gasteiger partial charge in [0.25, 0.3) is 0 Å². The molecule has 0 unspecified atom stereocenters. The zero-order valence-corrected chi connectivity index (χ0v) is 23.2. The van der Waals surface area contributed by atoms with Crippen molar-refractivity contribution in [1.29, 1.82) is 0 Å². The van der Waals surface area contributed by atoms with Crippen LogP contribution >= 0.6 is 0 Å². The number of rotatable bonds is 13. The van der Waals surface area contributed by atoms with Crippen LogP contribution in [0.15, 0.2) is 121 Å². The molecule has 4 aromatic rings. The number of nitrogens with zero attached hydrogens (tertiary/aromatic N) is 1. The lowest BCUT2D eigenvalue weighted by atomic mass is 9.93. The second-order valence-electron chi connectivity index (χ2n) is 10.4. The smallest absolute Gasteiger partial charge is 0.113 e. The summed E-state index contributed by atoms with van der Waals surface area (Å²) in [5, 5.41) is 0. The second kappa shape index (κ2) is 14.9. The molecule has 0 radical (unpaired) electrons. The lowest BCUT2D eigenvalue weighted by Gasteiger charge is -2.47. The summed E-state index contributed by atoms with van der Waals surface area (Å²) in [5.41, 5.74) is 4.55. The van der Waals surface area contributed by atoms with Gasteiger partial charge in [-0.25, -0.2) is 0 Å². The Morgan fingerprint density at radius 2 is 0.925 bits per heavy atom. The highest BCUT2D eigenvalue weighted by Crippen LogP contribution is 2.28. The molecule has 0 bridgehead atoms. The molecule has 0 saturated carbocycles. The first-order valence-electron chi connectivity index (χ1n) is 14.0. The van der Waals surface area contributed by atoms with Crippen molar-refractivity contribution in [2.75, 3.05) is 20.2 Å². The maximum absolute atomic E-state index is 6.71. The molecule has 5 rings (SSSR count). The Bertz CT molecular complexity index is 1240. The number of likely N-dealkylation sites (N-methyl/N-ethyl adjacent to an activating group) is 1. The zero-order valence-electron chi connectivity index (χ0n) is 23.2. The van der Waals surface area contributed by atoms with E-state index in [1.165, 1.54) is 0 Å². The van der Waals surface area contributed by atoms with Crippen molar-refractivity contribution in [2.45, 2.75) is 50.8 Å². The van der Waals surface area contributed by atoms with Gasteiger partial charge in [0.05, 0.1) is 45.2 Å². The zero-order chi connectivity index (χ0) is 27.4. The maximum atomic E-state index is 6.71. The minimum atomic E-state index is -0.269. The fourth-order valence-electron chi connectivity index (χ4n) is 5.16. The molecule has 1 aliphatic rings. The van der Waals surface area contributed by atoms with Crippen molar-refractivity contribution in [3.8, 4) is 0 Å². The lowest BCUT2D eigenvalue weighted by Crippen LogP contribution is -2.63. The molecule has 1 fully saturated rings. The fourth-order valence-corrected chi connectivity index (χ4v) is 5.16. The minimum Gasteiger partial charge on any atom is -0.375 e. The van der Waals surface area contributed by atoms with Gasteiger partial charge in [0, 0.05) is 6.54 Å². The minimum absolute atomic E-state index is 0.00442. The Morgan fingerprint density at radius 1 is 0.525 bits per heavy atom. The molecule has 5 nitrogen and oxygen atoms in total. The molecule has 1 aliphatic heterocycles. The molecule has 0 aromatic heterocycles. The largest absolute Gasteiger partial charge is 0.375 e. The first-order chi connectivity index (χ1) is 19.8. The van der Waals surface area contributed by atoms with Gasteiger partial charge in [-0.15, -0.1) is 0 Å². The van der Waals surface area contributed by atoms with Crippen LogP contribution in [0, 0.1) is 0 Å². The Kier molecular flexibility index (Phi) is 10.5. The molecule has 0 N–H and O–H groups in total. The fraction of sp³-hybridized carbons (Fsp3) is 0.314. The quantitative estimate of drug-likeness (QED) is 0.201. The highest BCUT2D eigenvalue weighted by Gasteiger charge is 2.45. The summed E-state index contributed by atoms with van der Waals surface area (Å²) in [4.78, 5) is 2.30. The molecule has 1 heterocycles. The predicted octanol–water partition coefficient (Wildman–Crippen LogP) is 6.27. The maximum Gasteiger partial charge on any atom is 0.113 e. The van der Waals surface area contributed by atoms with Gasteiger partial charge in [-0.05, 0) is 29.3 Å². The summed E-state index contributed by atoms with van der Waals surface area (Å²) in [7, 11) is 2.13. The number of likely N-dealkylation sites (tertiary alicyclic amines) is 1. The standard InChI is InChI=1S/C35H39NO4/c1-36-22-33(38-24-29-16-8-3-9-17-29)35(40-26-31-20-12-5-13-21-31)34(39-25-30-18-10-4-11-19-30)32(36)27-37-23-28-14-6-2-7-15-28/h2-21,32-35H,22-27H2,1H3/t32-,33-,34-,35-/m1/s1. The van der Waals surface area contributed by atoms with Gasteiger partial charge < -0.3 is 18.9 Å². The number of hydrogen-bond donors (Lipinski definition) is 0. The predicted molar refractivity (Wildman–Crippen MR) is 158 cm³/mol. The first kappa shape index (κ1) is 28.2. The van der Waals surface area contributed by atoms with Crippen molar-refractivity contribution >= 4 is 0 Å². The summed E-state index contributed by atoms with van der Waals surface area (Å²) in [6, 6.07) is 41.2. The Balaban J connectivity index is 1.36. The highest BCUT2D eigenvalue weighted by atomic mass is 16.6. The van der Waals surface area contributed by atoms with E-state index in [2.05, 4.69) is 60.5 Å². The van der Waals surface area contributed by atoms with Crippen LogP contribution in [-0.4, -0.2) is 49.5 Å². The van der Waals surface area contributed by atoms with E-state index in [0.29, 0.717) is 33.0 Å². The third-order valence-corrected chi connectivity index (χ3v) is 7.38. The highest BCUT2D eigenvalue weighted by molar-refractivity contribution is 5.16. The Hall–Kier alpha value is -3.32. The molecule has 1 saturated heterocycles. The summed E-state index contributed by atoms with van der Waals surface area (Å²) >= 11 is 0. The van der Waals surface area contributed by atoms with E-state index >= 15 is 0 Å². The van der Waals surface area contributed by atoms with Gasteiger partial charge in [-0.2, -0.15) is 0 Å². The van der Waals surface area contributed by atoms with Crippen LogP contribution in [0.1, 0.15) is 22.3 Å². The molecule has 0 aliphatic carbocycles. The van der Waals surface area contributed by atoms with E-state index in [-0.39, 0.29) is 24.4 Å². The van der Waals surface area contributed by atoms with E-state index in [1.54, 1.807) is 0 Å². The average Bonchev–Trinajstić information content (AvgIpc) is 3.01. The van der Waals surface area contributed by atoms with E-state index in [4.69, 9.17) is 18.9 Å². The van der Waals surface area contributed by atoms with E-state index in [9.17, 15) is 0 Å². The summed E-state index contributed by atoms with van der Waals surface area (Å²) in [6.07, 6.45) is -0.687. The van der Waals surface area contributed by atoms with Crippen LogP contribution in [0.4, 0.5) is 0 Å². The number of hydrogen-bond acceptors (Lipinski definition) is 5. The normalized spacial score (nSPS) is 21.3. The van der Waals surface area contributed by atoms with Gasteiger partial charge in [0.1, 0.15) is 12.2 Å². The van der Waals surface area contributed by atoms with Crippen LogP contribution in [0.2, 0.25) is 0 Å². The molecule has 0 amide bonds. The molecule has 5 heteroatoms. The molecular weight excluding hydrogens is 498 g/mol. The van der Waals surface area contributed by atoms with Crippen molar-refractivity contribution < 1.29 is 18.9 Å². The lowest BCUT2D eigenvalue weighted by molar-refractivity contribution is -0.207. The van der Waals surface area contributed by atoms with Crippen molar-refractivity contribution in [3.63, 3.8) is 0 Å². The molecule has 40 heavy (non-hydrogen) atoms. The third kappa shape index (κ3) is 8.10. The summed E-state index contributed by atoms with van der Waals surface area (Å²) < 4.78 is 26.2. The van der Waals surface area contributed by atoms with E-state index < -0.39 is 0 Å². The van der Waals surface area contributed by atoms with Crippen molar-refractivity contribution in [3.05, 3.63) is 144 Å². The van der Waals surface area contributed by atoms with Gasteiger partial charge >= 0.3 is 0 Å². The molecule has 4 atom stereocenters. The van der Waals surface area contributed by atoms with E-state index in [0.717, 1.165) is 28.8 Å². The topological polar surface area (TPSA) is 40.2 Å². The molecule has 208 valence electrons. The Labute approximate surface area is 238 Å². The van der Waals surface area contributed by atoms with Crippen LogP contribution in [0.5, 0.6) is 0 Å². The molecule has 0 spiro atoms. The van der Waals surface area contributed by atoms with Crippen LogP contribution in [0.3, 0.4) is 0 Å². The monoisotopic (exact) mass is 537 g/mol. The van der Waals surface area contributed by atoms with Crippen LogP contribution in [0.25, 0.3) is 0 Å². The number of ether oxygens (including phenoxy) is 4. The number of benzene rings is 4.